The summed E-state index contributed by atoms with van der Waals surface area (Å²) >= 11 is 0. The van der Waals surface area contributed by atoms with Gasteiger partial charge in [-0.05, 0) is 56.2 Å². The highest BCUT2D eigenvalue weighted by Crippen LogP contribution is 2.14. The van der Waals surface area contributed by atoms with Crippen molar-refractivity contribution in [2.45, 2.75) is 39.1 Å². The molecule has 2 aromatic rings. The van der Waals surface area contributed by atoms with Crippen LogP contribution in [0.2, 0.25) is 0 Å². The standard InChI is InChI=1S/C24H31N3O3/c1-19-16-27(17-20(2)30-19)15-5-14-26-24(28)12-9-21-7-10-23(11-8-21)29-18-22-6-3-4-13-25-22/h3-4,6-13,19-20H,5,14-18H2,1-2H3,(H,26,28)/b12-9+. The summed E-state index contributed by atoms with van der Waals surface area (Å²) in [6, 6.07) is 13.4. The van der Waals surface area contributed by atoms with Crippen LogP contribution in [0, 0.1) is 0 Å². The van der Waals surface area contributed by atoms with E-state index in [9.17, 15) is 4.79 Å². The number of carbonyl (C=O) groups is 1. The maximum absolute atomic E-state index is 12.0. The number of rotatable bonds is 9. The lowest BCUT2D eigenvalue weighted by Crippen LogP contribution is -2.46. The molecule has 2 atom stereocenters. The highest BCUT2D eigenvalue weighted by atomic mass is 16.5. The molecule has 1 aliphatic rings. The summed E-state index contributed by atoms with van der Waals surface area (Å²) in [5.41, 5.74) is 1.84. The highest BCUT2D eigenvalue weighted by Gasteiger charge is 2.21. The van der Waals surface area contributed by atoms with Gasteiger partial charge in [-0.1, -0.05) is 18.2 Å². The third kappa shape index (κ3) is 7.61. The van der Waals surface area contributed by atoms with E-state index in [1.54, 1.807) is 12.3 Å². The van der Waals surface area contributed by atoms with Crippen molar-refractivity contribution in [3.8, 4) is 5.75 Å². The van der Waals surface area contributed by atoms with E-state index in [-0.39, 0.29) is 18.1 Å². The van der Waals surface area contributed by atoms with Crippen LogP contribution in [0.4, 0.5) is 0 Å². The van der Waals surface area contributed by atoms with Crippen LogP contribution < -0.4 is 10.1 Å². The SMILES string of the molecule is CC1CN(CCCNC(=O)/C=C/c2ccc(OCc3ccccn3)cc2)CC(C)O1. The first kappa shape index (κ1) is 22.0. The van der Waals surface area contributed by atoms with Crippen molar-refractivity contribution in [1.82, 2.24) is 15.2 Å². The van der Waals surface area contributed by atoms with E-state index in [1.807, 2.05) is 48.5 Å². The number of nitrogens with zero attached hydrogens (tertiary/aromatic N) is 2. The fourth-order valence-corrected chi connectivity index (χ4v) is 3.53. The second-order valence-electron chi connectivity index (χ2n) is 7.67. The van der Waals surface area contributed by atoms with Gasteiger partial charge >= 0.3 is 0 Å². The Labute approximate surface area is 178 Å². The Bertz CT molecular complexity index is 798. The van der Waals surface area contributed by atoms with E-state index in [2.05, 4.69) is 29.0 Å². The molecule has 1 saturated heterocycles. The fraction of sp³-hybridized carbons (Fsp3) is 0.417. The molecule has 0 bridgehead atoms. The van der Waals surface area contributed by atoms with Gasteiger partial charge in [0.2, 0.25) is 5.91 Å². The fourth-order valence-electron chi connectivity index (χ4n) is 3.53. The molecule has 1 aromatic heterocycles. The average molecular weight is 410 g/mol. The van der Waals surface area contributed by atoms with Crippen molar-refractivity contribution >= 4 is 12.0 Å². The van der Waals surface area contributed by atoms with Gasteiger partial charge in [0.1, 0.15) is 12.4 Å². The van der Waals surface area contributed by atoms with Crippen molar-refractivity contribution in [1.29, 1.82) is 0 Å². The number of hydrogen-bond acceptors (Lipinski definition) is 5. The molecule has 0 radical (unpaired) electrons. The largest absolute Gasteiger partial charge is 0.487 e. The molecular weight excluding hydrogens is 378 g/mol. The average Bonchev–Trinajstić information content (AvgIpc) is 2.75. The number of benzene rings is 1. The number of aromatic nitrogens is 1. The molecule has 1 amide bonds. The van der Waals surface area contributed by atoms with Crippen LogP contribution >= 0.6 is 0 Å². The molecule has 2 heterocycles. The molecule has 1 aliphatic heterocycles. The zero-order valence-electron chi connectivity index (χ0n) is 17.8. The Kier molecular flexibility index (Phi) is 8.41. The summed E-state index contributed by atoms with van der Waals surface area (Å²) in [4.78, 5) is 18.7. The van der Waals surface area contributed by atoms with Gasteiger partial charge in [0.05, 0.1) is 17.9 Å². The monoisotopic (exact) mass is 409 g/mol. The Morgan fingerprint density at radius 1 is 1.20 bits per heavy atom. The number of pyridine rings is 1. The lowest BCUT2D eigenvalue weighted by Gasteiger charge is -2.35. The number of hydrogen-bond donors (Lipinski definition) is 1. The molecule has 1 N–H and O–H groups in total. The number of ether oxygens (including phenoxy) is 2. The van der Waals surface area contributed by atoms with E-state index < -0.39 is 0 Å². The maximum atomic E-state index is 12.0. The smallest absolute Gasteiger partial charge is 0.243 e. The van der Waals surface area contributed by atoms with E-state index in [0.29, 0.717) is 13.2 Å². The number of morpholine rings is 1. The van der Waals surface area contributed by atoms with Gasteiger partial charge < -0.3 is 14.8 Å². The third-order valence-corrected chi connectivity index (χ3v) is 4.87. The van der Waals surface area contributed by atoms with Gasteiger partial charge in [0.15, 0.2) is 0 Å². The first-order valence-electron chi connectivity index (χ1n) is 10.5. The Morgan fingerprint density at radius 2 is 1.97 bits per heavy atom. The molecule has 6 heteroatoms. The zero-order valence-corrected chi connectivity index (χ0v) is 17.8. The topological polar surface area (TPSA) is 63.7 Å². The third-order valence-electron chi connectivity index (χ3n) is 4.87. The van der Waals surface area contributed by atoms with Gasteiger partial charge in [0.25, 0.3) is 0 Å². The van der Waals surface area contributed by atoms with Gasteiger partial charge in [-0.15, -0.1) is 0 Å². The van der Waals surface area contributed by atoms with Crippen LogP contribution in [0.5, 0.6) is 5.75 Å². The molecule has 160 valence electrons. The van der Waals surface area contributed by atoms with E-state index in [4.69, 9.17) is 9.47 Å². The quantitative estimate of drug-likeness (QED) is 0.509. The van der Waals surface area contributed by atoms with Crippen LogP contribution in [0.1, 0.15) is 31.5 Å². The minimum atomic E-state index is -0.0748. The van der Waals surface area contributed by atoms with E-state index >= 15 is 0 Å². The van der Waals surface area contributed by atoms with Crippen LogP contribution in [-0.4, -0.2) is 54.2 Å². The van der Waals surface area contributed by atoms with Crippen molar-refractivity contribution in [3.63, 3.8) is 0 Å². The second kappa shape index (κ2) is 11.5. The predicted molar refractivity (Wildman–Crippen MR) is 118 cm³/mol. The van der Waals surface area contributed by atoms with Crippen molar-refractivity contribution in [3.05, 3.63) is 66.0 Å². The summed E-state index contributed by atoms with van der Waals surface area (Å²) in [6.07, 6.45) is 6.62. The van der Waals surface area contributed by atoms with Crippen molar-refractivity contribution < 1.29 is 14.3 Å². The molecule has 0 aliphatic carbocycles. The number of amides is 1. The number of nitrogens with one attached hydrogen (secondary N) is 1. The predicted octanol–water partition coefficient (Wildman–Crippen LogP) is 3.29. The van der Waals surface area contributed by atoms with Crippen LogP contribution in [0.3, 0.4) is 0 Å². The first-order valence-corrected chi connectivity index (χ1v) is 10.5. The molecule has 3 rings (SSSR count). The molecular formula is C24H31N3O3. The van der Waals surface area contributed by atoms with Crippen LogP contribution in [0.15, 0.2) is 54.7 Å². The Balaban J connectivity index is 1.34. The van der Waals surface area contributed by atoms with Crippen LogP contribution in [-0.2, 0) is 16.1 Å². The first-order chi connectivity index (χ1) is 14.6. The molecule has 0 spiro atoms. The van der Waals surface area contributed by atoms with Crippen molar-refractivity contribution in [2.24, 2.45) is 0 Å². The molecule has 6 nitrogen and oxygen atoms in total. The van der Waals surface area contributed by atoms with Gasteiger partial charge in [-0.25, -0.2) is 0 Å². The molecule has 1 aromatic carbocycles. The minimum Gasteiger partial charge on any atom is -0.487 e. The second-order valence-corrected chi connectivity index (χ2v) is 7.67. The number of carbonyl (C=O) groups excluding carboxylic acids is 1. The van der Waals surface area contributed by atoms with Gasteiger partial charge in [-0.2, -0.15) is 0 Å². The maximum Gasteiger partial charge on any atom is 0.243 e. The van der Waals surface area contributed by atoms with E-state index in [1.165, 1.54) is 0 Å². The molecule has 1 fully saturated rings. The van der Waals surface area contributed by atoms with Crippen molar-refractivity contribution in [2.75, 3.05) is 26.2 Å². The van der Waals surface area contributed by atoms with Crippen LogP contribution in [0.25, 0.3) is 6.08 Å². The molecule has 0 saturated carbocycles. The zero-order chi connectivity index (χ0) is 21.2. The summed E-state index contributed by atoms with van der Waals surface area (Å²) in [7, 11) is 0. The summed E-state index contributed by atoms with van der Waals surface area (Å²) in [5, 5.41) is 2.95. The van der Waals surface area contributed by atoms with Gasteiger partial charge in [0, 0.05) is 38.5 Å². The molecule has 30 heavy (non-hydrogen) atoms. The lowest BCUT2D eigenvalue weighted by molar-refractivity contribution is -0.116. The normalized spacial score (nSPS) is 19.7. The summed E-state index contributed by atoms with van der Waals surface area (Å²) < 4.78 is 11.5. The van der Waals surface area contributed by atoms with E-state index in [0.717, 1.165) is 43.1 Å². The Morgan fingerprint density at radius 3 is 2.67 bits per heavy atom. The lowest BCUT2D eigenvalue weighted by atomic mass is 10.2. The summed E-state index contributed by atoms with van der Waals surface area (Å²) in [6.45, 7) is 8.20. The van der Waals surface area contributed by atoms with Gasteiger partial charge in [-0.3, -0.25) is 14.7 Å². The highest BCUT2D eigenvalue weighted by molar-refractivity contribution is 5.91. The minimum absolute atomic E-state index is 0.0748. The summed E-state index contributed by atoms with van der Waals surface area (Å²) in [5.74, 6) is 0.697. The Hall–Kier alpha value is -2.70. The molecule has 2 unspecified atom stereocenters.